The van der Waals surface area contributed by atoms with E-state index in [4.69, 9.17) is 5.73 Å². The molecule has 3 nitrogen and oxygen atoms in total. The summed E-state index contributed by atoms with van der Waals surface area (Å²) in [6.07, 6.45) is 9.60. The van der Waals surface area contributed by atoms with Gasteiger partial charge in [-0.05, 0) is 75.5 Å². The number of piperidine rings is 1. The first kappa shape index (κ1) is 14.0. The lowest BCUT2D eigenvalue weighted by Gasteiger charge is -2.61. The zero-order valence-electron chi connectivity index (χ0n) is 13.6. The number of carbonyl (C=O) groups is 1. The molecule has 118 valence electrons. The quantitative estimate of drug-likeness (QED) is 0.807. The number of amides is 1. The second-order valence-corrected chi connectivity index (χ2v) is 9.18. The van der Waals surface area contributed by atoms with E-state index in [1.807, 2.05) is 0 Å². The van der Waals surface area contributed by atoms with Crippen LogP contribution in [0.2, 0.25) is 0 Å². The SMILES string of the molecule is CC1CC(N)CCN1C(=O)C12CC3CC(CC(C)(C3)C1)C2. The molecule has 21 heavy (non-hydrogen) atoms. The van der Waals surface area contributed by atoms with Gasteiger partial charge in [-0.25, -0.2) is 0 Å². The van der Waals surface area contributed by atoms with E-state index in [9.17, 15) is 4.79 Å². The Morgan fingerprint density at radius 2 is 1.81 bits per heavy atom. The van der Waals surface area contributed by atoms with Crippen LogP contribution in [0, 0.1) is 22.7 Å². The Bertz CT molecular complexity index is 446. The number of carbonyl (C=O) groups excluding carboxylic acids is 1. The maximum absolute atomic E-state index is 13.4. The van der Waals surface area contributed by atoms with Crippen molar-refractivity contribution in [1.82, 2.24) is 4.90 Å². The van der Waals surface area contributed by atoms with Crippen molar-refractivity contribution in [1.29, 1.82) is 0 Å². The van der Waals surface area contributed by atoms with Gasteiger partial charge in [0.05, 0.1) is 5.41 Å². The van der Waals surface area contributed by atoms with Crippen molar-refractivity contribution in [2.24, 2.45) is 28.4 Å². The Morgan fingerprint density at radius 3 is 2.38 bits per heavy atom. The Morgan fingerprint density at radius 1 is 1.14 bits per heavy atom. The normalized spacial score (nSPS) is 52.2. The van der Waals surface area contributed by atoms with Gasteiger partial charge in [0.2, 0.25) is 5.91 Å². The Labute approximate surface area is 128 Å². The molecule has 0 aromatic carbocycles. The van der Waals surface area contributed by atoms with Gasteiger partial charge in [-0.2, -0.15) is 0 Å². The van der Waals surface area contributed by atoms with E-state index in [0.29, 0.717) is 17.4 Å². The molecule has 1 amide bonds. The average Bonchev–Trinajstić information content (AvgIpc) is 2.35. The van der Waals surface area contributed by atoms with Gasteiger partial charge >= 0.3 is 0 Å². The van der Waals surface area contributed by atoms with Crippen LogP contribution in [0.15, 0.2) is 0 Å². The number of likely N-dealkylation sites (tertiary alicyclic amines) is 1. The zero-order valence-corrected chi connectivity index (χ0v) is 13.6. The first-order valence-electron chi connectivity index (χ1n) is 8.96. The molecule has 4 atom stereocenters. The monoisotopic (exact) mass is 290 g/mol. The van der Waals surface area contributed by atoms with Gasteiger partial charge in [0.1, 0.15) is 0 Å². The van der Waals surface area contributed by atoms with Crippen LogP contribution in [0.3, 0.4) is 0 Å². The first-order valence-corrected chi connectivity index (χ1v) is 8.96. The summed E-state index contributed by atoms with van der Waals surface area (Å²) < 4.78 is 0. The number of hydrogen-bond donors (Lipinski definition) is 1. The van der Waals surface area contributed by atoms with Gasteiger partial charge in [-0.3, -0.25) is 4.79 Å². The van der Waals surface area contributed by atoms with Crippen LogP contribution < -0.4 is 5.73 Å². The van der Waals surface area contributed by atoms with E-state index < -0.39 is 0 Å². The molecule has 4 unspecified atom stereocenters. The molecule has 5 fully saturated rings. The summed E-state index contributed by atoms with van der Waals surface area (Å²) in [5.74, 6) is 2.13. The zero-order chi connectivity index (χ0) is 14.8. The van der Waals surface area contributed by atoms with Crippen LogP contribution in [0.5, 0.6) is 0 Å². The van der Waals surface area contributed by atoms with Crippen LogP contribution in [0.1, 0.15) is 65.2 Å². The summed E-state index contributed by atoms with van der Waals surface area (Å²) >= 11 is 0. The van der Waals surface area contributed by atoms with E-state index >= 15 is 0 Å². The van der Waals surface area contributed by atoms with Gasteiger partial charge < -0.3 is 10.6 Å². The lowest BCUT2D eigenvalue weighted by Crippen LogP contribution is -2.60. The van der Waals surface area contributed by atoms with Crippen molar-refractivity contribution >= 4 is 5.91 Å². The summed E-state index contributed by atoms with van der Waals surface area (Å²) in [7, 11) is 0. The number of nitrogens with two attached hydrogens (primary N) is 1. The molecule has 1 aliphatic heterocycles. The highest BCUT2D eigenvalue weighted by molar-refractivity contribution is 5.84. The third-order valence-electron chi connectivity index (χ3n) is 6.98. The predicted molar refractivity (Wildman–Crippen MR) is 83.6 cm³/mol. The highest BCUT2D eigenvalue weighted by Gasteiger charge is 2.59. The summed E-state index contributed by atoms with van der Waals surface area (Å²) in [4.78, 5) is 15.6. The van der Waals surface area contributed by atoms with Crippen LogP contribution in [-0.4, -0.2) is 29.4 Å². The standard InChI is InChI=1S/C18H30N2O/c1-12-5-15(19)3-4-20(12)16(21)18-9-13-6-14(10-18)8-17(2,7-13)11-18/h12-15H,3-11,19H2,1-2H3. The molecule has 0 aromatic rings. The Balaban J connectivity index is 1.59. The molecule has 4 aliphatic carbocycles. The van der Waals surface area contributed by atoms with Crippen molar-refractivity contribution in [3.8, 4) is 0 Å². The minimum atomic E-state index is -0.00543. The lowest BCUT2D eigenvalue weighted by molar-refractivity contribution is -0.169. The summed E-state index contributed by atoms with van der Waals surface area (Å²) in [5.41, 5.74) is 6.52. The molecule has 0 radical (unpaired) electrons. The van der Waals surface area contributed by atoms with Gasteiger partial charge in [-0.1, -0.05) is 6.92 Å². The molecule has 0 spiro atoms. The van der Waals surface area contributed by atoms with Crippen LogP contribution in [0.25, 0.3) is 0 Å². The van der Waals surface area contributed by atoms with E-state index in [-0.39, 0.29) is 11.5 Å². The Hall–Kier alpha value is -0.570. The topological polar surface area (TPSA) is 46.3 Å². The van der Waals surface area contributed by atoms with Gasteiger partial charge in [-0.15, -0.1) is 0 Å². The van der Waals surface area contributed by atoms with Crippen molar-refractivity contribution in [3.63, 3.8) is 0 Å². The van der Waals surface area contributed by atoms with Gasteiger partial charge in [0.25, 0.3) is 0 Å². The molecule has 5 aliphatic rings. The molecule has 4 bridgehead atoms. The highest BCUT2D eigenvalue weighted by Crippen LogP contribution is 2.65. The number of rotatable bonds is 1. The fraction of sp³-hybridized carbons (Fsp3) is 0.944. The van der Waals surface area contributed by atoms with Crippen LogP contribution in [0.4, 0.5) is 0 Å². The average molecular weight is 290 g/mol. The second-order valence-electron chi connectivity index (χ2n) is 9.18. The lowest BCUT2D eigenvalue weighted by atomic mass is 9.44. The van der Waals surface area contributed by atoms with Gasteiger partial charge in [0.15, 0.2) is 0 Å². The molecule has 0 aromatic heterocycles. The minimum absolute atomic E-state index is 0.00543. The maximum Gasteiger partial charge on any atom is 0.229 e. The minimum Gasteiger partial charge on any atom is -0.339 e. The second kappa shape index (κ2) is 4.47. The largest absolute Gasteiger partial charge is 0.339 e. The van der Waals surface area contributed by atoms with Crippen molar-refractivity contribution in [3.05, 3.63) is 0 Å². The third kappa shape index (κ3) is 2.15. The highest BCUT2D eigenvalue weighted by atomic mass is 16.2. The molecule has 3 heteroatoms. The molecule has 1 saturated heterocycles. The molecule has 2 N–H and O–H groups in total. The molecule has 1 heterocycles. The third-order valence-corrected chi connectivity index (χ3v) is 6.98. The van der Waals surface area contributed by atoms with E-state index in [1.54, 1.807) is 0 Å². The van der Waals surface area contributed by atoms with Crippen molar-refractivity contribution in [2.45, 2.75) is 77.3 Å². The first-order chi connectivity index (χ1) is 9.89. The van der Waals surface area contributed by atoms with E-state index in [0.717, 1.165) is 37.6 Å². The molecular formula is C18H30N2O. The Kier molecular flexibility index (Phi) is 2.99. The maximum atomic E-state index is 13.4. The fourth-order valence-electron chi connectivity index (χ4n) is 6.79. The smallest absolute Gasteiger partial charge is 0.229 e. The number of hydrogen-bond acceptors (Lipinski definition) is 2. The van der Waals surface area contributed by atoms with Gasteiger partial charge in [0, 0.05) is 18.6 Å². The fourth-order valence-corrected chi connectivity index (χ4v) is 6.79. The number of nitrogens with zero attached hydrogens (tertiary/aromatic N) is 1. The summed E-state index contributed by atoms with van der Waals surface area (Å²) in [5, 5.41) is 0. The van der Waals surface area contributed by atoms with Crippen molar-refractivity contribution in [2.75, 3.05) is 6.54 Å². The van der Waals surface area contributed by atoms with E-state index in [2.05, 4.69) is 18.7 Å². The molecular weight excluding hydrogens is 260 g/mol. The molecule has 4 saturated carbocycles. The van der Waals surface area contributed by atoms with E-state index in [1.165, 1.54) is 32.1 Å². The predicted octanol–water partition coefficient (Wildman–Crippen LogP) is 2.93. The summed E-state index contributed by atoms with van der Waals surface area (Å²) in [6, 6.07) is 0.625. The summed E-state index contributed by atoms with van der Waals surface area (Å²) in [6.45, 7) is 5.52. The molecule has 5 rings (SSSR count). The van der Waals surface area contributed by atoms with Crippen molar-refractivity contribution < 1.29 is 4.79 Å². The van der Waals surface area contributed by atoms with Crippen LogP contribution >= 0.6 is 0 Å². The van der Waals surface area contributed by atoms with Crippen LogP contribution in [-0.2, 0) is 4.79 Å².